The molecule has 0 spiro atoms. The molecule has 1 fully saturated rings. The van der Waals surface area contributed by atoms with Crippen molar-refractivity contribution in [1.82, 2.24) is 9.88 Å². The second-order valence-electron chi connectivity index (χ2n) is 3.93. The minimum Gasteiger partial charge on any atom is -0.375 e. The molecular formula is C11H15N3OS. The quantitative estimate of drug-likeness (QED) is 0.852. The molecular weight excluding hydrogens is 222 g/mol. The van der Waals surface area contributed by atoms with Gasteiger partial charge < -0.3 is 10.6 Å². The summed E-state index contributed by atoms with van der Waals surface area (Å²) in [5.74, 6) is 0.221. The number of hydrogen-bond donors (Lipinski definition) is 1. The maximum atomic E-state index is 11.5. The number of piperidine rings is 1. The van der Waals surface area contributed by atoms with Gasteiger partial charge in [0.05, 0.1) is 11.7 Å². The van der Waals surface area contributed by atoms with Crippen LogP contribution in [0.15, 0.2) is 11.5 Å². The van der Waals surface area contributed by atoms with Gasteiger partial charge in [-0.15, -0.1) is 11.3 Å². The van der Waals surface area contributed by atoms with Crippen molar-refractivity contribution in [3.63, 3.8) is 0 Å². The van der Waals surface area contributed by atoms with Gasteiger partial charge in [-0.05, 0) is 18.9 Å². The molecule has 1 saturated heterocycles. The number of carbonyl (C=O) groups is 1. The third-order valence-corrected chi connectivity index (χ3v) is 3.50. The van der Waals surface area contributed by atoms with Crippen LogP contribution in [0.1, 0.15) is 25.0 Å². The number of rotatable bonds is 2. The third kappa shape index (κ3) is 2.41. The minimum absolute atomic E-state index is 0.198. The van der Waals surface area contributed by atoms with Gasteiger partial charge in [0, 0.05) is 18.8 Å². The Morgan fingerprint density at radius 1 is 1.69 bits per heavy atom. The highest BCUT2D eigenvalue weighted by Gasteiger charge is 2.22. The molecule has 0 aromatic carbocycles. The van der Waals surface area contributed by atoms with Gasteiger partial charge in [-0.25, -0.2) is 4.98 Å². The topological polar surface area (TPSA) is 59.2 Å². The summed E-state index contributed by atoms with van der Waals surface area (Å²) in [6.45, 7) is 0. The Bertz CT molecular complexity index is 413. The molecule has 1 atom stereocenters. The summed E-state index contributed by atoms with van der Waals surface area (Å²) in [5.41, 5.74) is 6.42. The van der Waals surface area contributed by atoms with E-state index < -0.39 is 0 Å². The third-order valence-electron chi connectivity index (χ3n) is 2.81. The lowest BCUT2D eigenvalue weighted by molar-refractivity contribution is -0.133. The maximum absolute atomic E-state index is 11.5. The lowest BCUT2D eigenvalue weighted by atomic mass is 10.0. The van der Waals surface area contributed by atoms with Crippen molar-refractivity contribution < 1.29 is 4.79 Å². The Morgan fingerprint density at radius 2 is 2.50 bits per heavy atom. The molecule has 86 valence electrons. The molecule has 0 saturated carbocycles. The average molecular weight is 237 g/mol. The van der Waals surface area contributed by atoms with Crippen LogP contribution in [0.2, 0.25) is 0 Å². The molecule has 2 rings (SSSR count). The molecule has 1 amide bonds. The van der Waals surface area contributed by atoms with Crippen molar-refractivity contribution in [2.24, 2.45) is 0 Å². The number of nitrogens with two attached hydrogens (primary N) is 1. The van der Waals surface area contributed by atoms with Crippen molar-refractivity contribution in [2.75, 3.05) is 12.8 Å². The number of likely N-dealkylation sites (N-methyl/N-ethyl adjacent to an activating group) is 1. The van der Waals surface area contributed by atoms with Gasteiger partial charge in [0.15, 0.2) is 5.13 Å². The van der Waals surface area contributed by atoms with Gasteiger partial charge in [-0.3, -0.25) is 4.79 Å². The zero-order valence-electron chi connectivity index (χ0n) is 9.22. The molecule has 4 nitrogen and oxygen atoms in total. The molecule has 1 aromatic heterocycles. The van der Waals surface area contributed by atoms with Gasteiger partial charge >= 0.3 is 0 Å². The predicted molar refractivity (Wildman–Crippen MR) is 66.0 cm³/mol. The van der Waals surface area contributed by atoms with Crippen LogP contribution in [0.4, 0.5) is 5.13 Å². The van der Waals surface area contributed by atoms with Gasteiger partial charge in [0.2, 0.25) is 5.91 Å². The Hall–Kier alpha value is -1.36. The molecule has 5 heteroatoms. The van der Waals surface area contributed by atoms with E-state index in [1.807, 2.05) is 24.6 Å². The number of aromatic nitrogens is 1. The van der Waals surface area contributed by atoms with E-state index in [4.69, 9.17) is 5.73 Å². The van der Waals surface area contributed by atoms with Crippen LogP contribution in [0.25, 0.3) is 6.08 Å². The number of nitrogen functional groups attached to an aromatic ring is 1. The number of likely N-dealkylation sites (tertiary alicyclic amines) is 1. The molecule has 2 N–H and O–H groups in total. The summed E-state index contributed by atoms with van der Waals surface area (Å²) in [5, 5.41) is 2.49. The monoisotopic (exact) mass is 237 g/mol. The summed E-state index contributed by atoms with van der Waals surface area (Å²) in [7, 11) is 1.85. The summed E-state index contributed by atoms with van der Waals surface area (Å²) in [4.78, 5) is 17.4. The second kappa shape index (κ2) is 4.65. The first-order valence-corrected chi connectivity index (χ1v) is 6.19. The molecule has 0 radical (unpaired) electrons. The maximum Gasteiger partial charge on any atom is 0.222 e. The SMILES string of the molecule is CN1C(=O)CCCC1C=Cc1csc(N)n1. The minimum atomic E-state index is 0.198. The number of carbonyl (C=O) groups excluding carboxylic acids is 1. The zero-order valence-corrected chi connectivity index (χ0v) is 10.0. The number of hydrogen-bond acceptors (Lipinski definition) is 4. The van der Waals surface area contributed by atoms with Crippen molar-refractivity contribution in [3.8, 4) is 0 Å². The van der Waals surface area contributed by atoms with Gasteiger partial charge in [0.1, 0.15) is 0 Å². The number of anilines is 1. The van der Waals surface area contributed by atoms with E-state index >= 15 is 0 Å². The fourth-order valence-corrected chi connectivity index (χ4v) is 2.36. The van der Waals surface area contributed by atoms with E-state index in [2.05, 4.69) is 4.98 Å². The fourth-order valence-electron chi connectivity index (χ4n) is 1.83. The van der Waals surface area contributed by atoms with E-state index in [0.29, 0.717) is 11.6 Å². The lowest BCUT2D eigenvalue weighted by Gasteiger charge is -2.30. The van der Waals surface area contributed by atoms with Crippen molar-refractivity contribution in [3.05, 3.63) is 17.2 Å². The molecule has 1 aliphatic heterocycles. The summed E-state index contributed by atoms with van der Waals surface area (Å²) in [6.07, 6.45) is 6.64. The lowest BCUT2D eigenvalue weighted by Crippen LogP contribution is -2.39. The van der Waals surface area contributed by atoms with Crippen LogP contribution in [0.5, 0.6) is 0 Å². The molecule has 1 unspecified atom stereocenters. The number of thiazole rings is 1. The molecule has 0 bridgehead atoms. The summed E-state index contributed by atoms with van der Waals surface area (Å²) >= 11 is 1.43. The van der Waals surface area contributed by atoms with Gasteiger partial charge in [0.25, 0.3) is 0 Å². The van der Waals surface area contributed by atoms with Crippen molar-refractivity contribution in [2.45, 2.75) is 25.3 Å². The smallest absolute Gasteiger partial charge is 0.222 e. The van der Waals surface area contributed by atoms with Crippen molar-refractivity contribution >= 4 is 28.5 Å². The first-order chi connectivity index (χ1) is 7.66. The molecule has 1 aromatic rings. The van der Waals surface area contributed by atoms with E-state index in [0.717, 1.165) is 18.5 Å². The van der Waals surface area contributed by atoms with E-state index in [-0.39, 0.29) is 11.9 Å². The highest BCUT2D eigenvalue weighted by atomic mass is 32.1. The standard InChI is InChI=1S/C11H15N3OS/c1-14-9(3-2-4-10(14)15)6-5-8-7-16-11(12)13-8/h5-7,9H,2-4H2,1H3,(H2,12,13). The summed E-state index contributed by atoms with van der Waals surface area (Å²) < 4.78 is 0. The van der Waals surface area contributed by atoms with E-state index in [1.165, 1.54) is 11.3 Å². The van der Waals surface area contributed by atoms with Gasteiger partial charge in [-0.1, -0.05) is 6.08 Å². The van der Waals surface area contributed by atoms with Crippen LogP contribution in [0, 0.1) is 0 Å². The van der Waals surface area contributed by atoms with Crippen LogP contribution in [0.3, 0.4) is 0 Å². The Balaban J connectivity index is 2.03. The van der Waals surface area contributed by atoms with Crippen LogP contribution < -0.4 is 5.73 Å². The van der Waals surface area contributed by atoms with Crippen molar-refractivity contribution in [1.29, 1.82) is 0 Å². The second-order valence-corrected chi connectivity index (χ2v) is 4.82. The number of nitrogens with zero attached hydrogens (tertiary/aromatic N) is 2. The van der Waals surface area contributed by atoms with E-state index in [9.17, 15) is 4.79 Å². The first-order valence-electron chi connectivity index (χ1n) is 5.31. The Labute approximate surface area is 98.8 Å². The van der Waals surface area contributed by atoms with Gasteiger partial charge in [-0.2, -0.15) is 0 Å². The largest absolute Gasteiger partial charge is 0.375 e. The van der Waals surface area contributed by atoms with Crippen LogP contribution in [-0.2, 0) is 4.79 Å². The highest BCUT2D eigenvalue weighted by Crippen LogP contribution is 2.19. The Kier molecular flexibility index (Phi) is 3.24. The van der Waals surface area contributed by atoms with E-state index in [1.54, 1.807) is 4.90 Å². The normalized spacial score (nSPS) is 21.9. The average Bonchev–Trinajstić information content (AvgIpc) is 2.67. The summed E-state index contributed by atoms with van der Waals surface area (Å²) in [6, 6.07) is 0.198. The predicted octanol–water partition coefficient (Wildman–Crippen LogP) is 1.75. The zero-order chi connectivity index (χ0) is 11.5. The van der Waals surface area contributed by atoms with Crippen LogP contribution >= 0.6 is 11.3 Å². The number of amides is 1. The molecule has 0 aliphatic carbocycles. The van der Waals surface area contributed by atoms with Crippen LogP contribution in [-0.4, -0.2) is 28.9 Å². The highest BCUT2D eigenvalue weighted by molar-refractivity contribution is 7.13. The molecule has 2 heterocycles. The molecule has 16 heavy (non-hydrogen) atoms. The first kappa shape index (κ1) is 11.1. The fraction of sp³-hybridized carbons (Fsp3) is 0.455. The Morgan fingerprint density at radius 3 is 3.19 bits per heavy atom. The molecule has 1 aliphatic rings.